The van der Waals surface area contributed by atoms with Crippen LogP contribution in [0.4, 0.5) is 0 Å². The van der Waals surface area contributed by atoms with Gasteiger partial charge < -0.3 is 20.9 Å². The van der Waals surface area contributed by atoms with E-state index in [1.807, 2.05) is 13.8 Å². The van der Waals surface area contributed by atoms with Gasteiger partial charge in [0.2, 0.25) is 0 Å². The molecular weight excluding hydrogens is 200 g/mol. The predicted molar refractivity (Wildman–Crippen MR) is 57.1 cm³/mol. The van der Waals surface area contributed by atoms with Crippen LogP contribution < -0.4 is 11.5 Å². The van der Waals surface area contributed by atoms with Crippen molar-refractivity contribution in [3.05, 3.63) is 0 Å². The first-order chi connectivity index (χ1) is 6.49. The number of nitrogens with two attached hydrogens (primary N) is 2. The van der Waals surface area contributed by atoms with Gasteiger partial charge in [-0.05, 0) is 13.8 Å². The average molecular weight is 218 g/mol. The van der Waals surface area contributed by atoms with Gasteiger partial charge in [-0.15, -0.1) is 0 Å². The van der Waals surface area contributed by atoms with E-state index in [4.69, 9.17) is 20.9 Å². The van der Waals surface area contributed by atoms with Crippen molar-refractivity contribution in [1.29, 1.82) is 0 Å². The summed E-state index contributed by atoms with van der Waals surface area (Å²) in [5.74, 6) is 1.26. The molecule has 0 aliphatic carbocycles. The van der Waals surface area contributed by atoms with Crippen LogP contribution in [0, 0.1) is 0 Å². The molecule has 4 N–H and O–H groups in total. The Balaban J connectivity index is 2.16. The molecule has 2 saturated heterocycles. The standard InChI is InChI=1S/C9H18N2O2S/c1-9(2)12-7-5(10)3-14-4-6(11)8(7)13-9/h5-8H,3-4,10-11H2,1-2H3/t5-,6-,7+,8+/m0/s1. The minimum Gasteiger partial charge on any atom is -0.343 e. The van der Waals surface area contributed by atoms with Gasteiger partial charge in [0.1, 0.15) is 12.2 Å². The van der Waals surface area contributed by atoms with Crippen molar-refractivity contribution < 1.29 is 9.47 Å². The highest BCUT2D eigenvalue weighted by molar-refractivity contribution is 7.99. The van der Waals surface area contributed by atoms with E-state index in [0.29, 0.717) is 0 Å². The van der Waals surface area contributed by atoms with Crippen molar-refractivity contribution in [3.63, 3.8) is 0 Å². The molecule has 2 aliphatic rings. The van der Waals surface area contributed by atoms with Gasteiger partial charge in [-0.3, -0.25) is 0 Å². The highest BCUT2D eigenvalue weighted by Crippen LogP contribution is 2.34. The zero-order chi connectivity index (χ0) is 10.3. The third kappa shape index (κ3) is 1.92. The van der Waals surface area contributed by atoms with Gasteiger partial charge >= 0.3 is 0 Å². The maximum Gasteiger partial charge on any atom is 0.163 e. The summed E-state index contributed by atoms with van der Waals surface area (Å²) in [7, 11) is 0. The molecule has 2 aliphatic heterocycles. The Morgan fingerprint density at radius 3 is 1.93 bits per heavy atom. The van der Waals surface area contributed by atoms with Gasteiger partial charge in [0, 0.05) is 23.6 Å². The summed E-state index contributed by atoms with van der Waals surface area (Å²) < 4.78 is 11.5. The van der Waals surface area contributed by atoms with Crippen LogP contribution in [-0.4, -0.2) is 41.6 Å². The number of fused-ring (bicyclic) bond motifs is 1. The highest BCUT2D eigenvalue weighted by Gasteiger charge is 2.47. The summed E-state index contributed by atoms with van der Waals surface area (Å²) in [5, 5.41) is 0. The molecule has 5 heteroatoms. The molecule has 0 spiro atoms. The molecule has 0 saturated carbocycles. The molecule has 4 atom stereocenters. The Morgan fingerprint density at radius 1 is 1.07 bits per heavy atom. The quantitative estimate of drug-likeness (QED) is 0.594. The molecule has 0 aromatic heterocycles. The van der Waals surface area contributed by atoms with Crippen molar-refractivity contribution in [2.45, 2.75) is 43.9 Å². The molecule has 0 amide bonds. The topological polar surface area (TPSA) is 70.5 Å². The molecule has 4 nitrogen and oxygen atoms in total. The first kappa shape index (κ1) is 10.7. The Bertz CT molecular complexity index is 205. The van der Waals surface area contributed by atoms with E-state index < -0.39 is 5.79 Å². The zero-order valence-corrected chi connectivity index (χ0v) is 9.42. The third-order valence-corrected chi connectivity index (χ3v) is 3.87. The molecule has 2 rings (SSSR count). The second-order valence-corrected chi connectivity index (χ2v) is 5.50. The molecule has 14 heavy (non-hydrogen) atoms. The van der Waals surface area contributed by atoms with E-state index in [0.717, 1.165) is 11.5 Å². The fourth-order valence-electron chi connectivity index (χ4n) is 2.01. The summed E-state index contributed by atoms with van der Waals surface area (Å²) >= 11 is 1.78. The summed E-state index contributed by atoms with van der Waals surface area (Å²) in [6.07, 6.45) is -0.0926. The number of rotatable bonds is 0. The van der Waals surface area contributed by atoms with Crippen LogP contribution in [0.3, 0.4) is 0 Å². The highest BCUT2D eigenvalue weighted by atomic mass is 32.2. The Kier molecular flexibility index (Phi) is 2.79. The molecule has 0 aromatic carbocycles. The van der Waals surface area contributed by atoms with Gasteiger partial charge in [-0.1, -0.05) is 0 Å². The Hall–Kier alpha value is 0.190. The zero-order valence-electron chi connectivity index (χ0n) is 8.60. The maximum absolute atomic E-state index is 6.02. The van der Waals surface area contributed by atoms with Gasteiger partial charge in [0.25, 0.3) is 0 Å². The predicted octanol–water partition coefficient (Wildman–Crippen LogP) is -0.0921. The van der Waals surface area contributed by atoms with Crippen LogP contribution in [0.1, 0.15) is 13.8 Å². The number of hydrogen-bond acceptors (Lipinski definition) is 5. The van der Waals surface area contributed by atoms with Gasteiger partial charge in [-0.2, -0.15) is 11.8 Å². The van der Waals surface area contributed by atoms with Crippen LogP contribution >= 0.6 is 11.8 Å². The van der Waals surface area contributed by atoms with Crippen molar-refractivity contribution in [3.8, 4) is 0 Å². The summed E-state index contributed by atoms with van der Waals surface area (Å²) in [6, 6.07) is 0.0562. The van der Waals surface area contributed by atoms with E-state index in [1.165, 1.54) is 0 Å². The largest absolute Gasteiger partial charge is 0.343 e. The number of hydrogen-bond donors (Lipinski definition) is 2. The normalized spacial score (nSPS) is 47.1. The summed E-state index contributed by atoms with van der Waals surface area (Å²) in [5.41, 5.74) is 12.0. The smallest absolute Gasteiger partial charge is 0.163 e. The second kappa shape index (κ2) is 3.64. The Labute approximate surface area is 88.7 Å². The summed E-state index contributed by atoms with van der Waals surface area (Å²) in [4.78, 5) is 0. The third-order valence-electron chi connectivity index (χ3n) is 2.63. The van der Waals surface area contributed by atoms with Crippen LogP contribution in [-0.2, 0) is 9.47 Å². The minimum absolute atomic E-state index is 0.0281. The summed E-state index contributed by atoms with van der Waals surface area (Å²) in [6.45, 7) is 3.82. The number of thioether (sulfide) groups is 1. The fourth-order valence-corrected chi connectivity index (χ4v) is 3.07. The molecule has 82 valence electrons. The lowest BCUT2D eigenvalue weighted by Crippen LogP contribution is -2.48. The van der Waals surface area contributed by atoms with Crippen LogP contribution in [0.15, 0.2) is 0 Å². The molecule has 0 radical (unpaired) electrons. The van der Waals surface area contributed by atoms with Crippen LogP contribution in [0.5, 0.6) is 0 Å². The number of ether oxygens (including phenoxy) is 2. The van der Waals surface area contributed by atoms with Gasteiger partial charge in [-0.25, -0.2) is 0 Å². The SMILES string of the molecule is CC1(C)O[C@H]2[C@H](O1)[C@@H](N)CSC[C@@H]2N. The molecule has 2 fully saturated rings. The average Bonchev–Trinajstić information content (AvgIpc) is 2.35. The molecule has 0 bridgehead atoms. The van der Waals surface area contributed by atoms with E-state index >= 15 is 0 Å². The van der Waals surface area contributed by atoms with Crippen LogP contribution in [0.2, 0.25) is 0 Å². The van der Waals surface area contributed by atoms with Crippen molar-refractivity contribution >= 4 is 11.8 Å². The Morgan fingerprint density at radius 2 is 1.50 bits per heavy atom. The maximum atomic E-state index is 6.02. The lowest BCUT2D eigenvalue weighted by atomic mass is 10.0. The lowest BCUT2D eigenvalue weighted by molar-refractivity contribution is -0.148. The molecular formula is C9H18N2O2S. The van der Waals surface area contributed by atoms with Gasteiger partial charge in [0.15, 0.2) is 5.79 Å². The van der Waals surface area contributed by atoms with E-state index in [9.17, 15) is 0 Å². The van der Waals surface area contributed by atoms with E-state index in [1.54, 1.807) is 11.8 Å². The fraction of sp³-hybridized carbons (Fsp3) is 1.00. The van der Waals surface area contributed by atoms with Crippen molar-refractivity contribution in [2.24, 2.45) is 11.5 Å². The van der Waals surface area contributed by atoms with Crippen LogP contribution in [0.25, 0.3) is 0 Å². The second-order valence-electron chi connectivity index (χ2n) is 4.43. The van der Waals surface area contributed by atoms with Crippen molar-refractivity contribution in [2.75, 3.05) is 11.5 Å². The van der Waals surface area contributed by atoms with Crippen molar-refractivity contribution in [1.82, 2.24) is 0 Å². The molecule has 0 unspecified atom stereocenters. The van der Waals surface area contributed by atoms with E-state index in [2.05, 4.69) is 0 Å². The van der Waals surface area contributed by atoms with Gasteiger partial charge in [0.05, 0.1) is 0 Å². The molecule has 0 aromatic rings. The first-order valence-corrected chi connectivity index (χ1v) is 6.09. The lowest BCUT2D eigenvalue weighted by Gasteiger charge is -2.21. The minimum atomic E-state index is -0.535. The van der Waals surface area contributed by atoms with E-state index in [-0.39, 0.29) is 24.3 Å². The monoisotopic (exact) mass is 218 g/mol. The first-order valence-electron chi connectivity index (χ1n) is 4.94. The molecule has 2 heterocycles.